The standard InChI is InChI=1S/C26H32N6O4/c1-15-5-16-9-27-32(22(16)7-21(15)20-3-4-30(11-23(20)33)18-12-35-13-18)25-8-24(28-26(29-25)34-2)31-10-19-6-17(31)14-36-19/h5,7-9,17-20,23,33H,3-4,6,10-14H2,1-2H3. The van der Waals surface area contributed by atoms with Crippen molar-refractivity contribution in [1.29, 1.82) is 0 Å². The average molecular weight is 493 g/mol. The van der Waals surface area contributed by atoms with Crippen molar-refractivity contribution in [1.82, 2.24) is 24.6 Å². The number of morpholine rings is 1. The Morgan fingerprint density at radius 1 is 1.06 bits per heavy atom. The van der Waals surface area contributed by atoms with E-state index in [-0.39, 0.29) is 12.0 Å². The monoisotopic (exact) mass is 492 g/mol. The van der Waals surface area contributed by atoms with Crippen LogP contribution in [0.4, 0.5) is 5.82 Å². The Bertz CT molecular complexity index is 1290. The SMILES string of the molecule is COc1nc(N2CC3CC2CO3)cc(-n2ncc3cc(C)c(C4CCN(C5COC5)CC4O)cc32)n1. The average Bonchev–Trinajstić information content (AvgIpc) is 3.58. The van der Waals surface area contributed by atoms with Gasteiger partial charge in [-0.3, -0.25) is 4.90 Å². The van der Waals surface area contributed by atoms with E-state index in [9.17, 15) is 5.11 Å². The Morgan fingerprint density at radius 2 is 1.92 bits per heavy atom. The highest BCUT2D eigenvalue weighted by atomic mass is 16.5. The van der Waals surface area contributed by atoms with E-state index < -0.39 is 6.10 Å². The Morgan fingerprint density at radius 3 is 2.61 bits per heavy atom. The van der Waals surface area contributed by atoms with Crippen molar-refractivity contribution < 1.29 is 19.3 Å². The molecule has 190 valence electrons. The lowest BCUT2D eigenvalue weighted by Gasteiger charge is -2.43. The van der Waals surface area contributed by atoms with E-state index in [1.54, 1.807) is 7.11 Å². The molecule has 7 rings (SSSR count). The van der Waals surface area contributed by atoms with Crippen molar-refractivity contribution in [2.45, 2.75) is 50.0 Å². The van der Waals surface area contributed by atoms with Crippen molar-refractivity contribution >= 4 is 16.7 Å². The number of aliphatic hydroxyl groups excluding tert-OH is 1. The molecule has 4 saturated heterocycles. The van der Waals surface area contributed by atoms with Gasteiger partial charge in [-0.25, -0.2) is 4.68 Å². The van der Waals surface area contributed by atoms with Gasteiger partial charge in [-0.15, -0.1) is 0 Å². The molecule has 36 heavy (non-hydrogen) atoms. The number of aromatic nitrogens is 4. The lowest BCUT2D eigenvalue weighted by atomic mass is 9.83. The van der Waals surface area contributed by atoms with Crippen LogP contribution in [0, 0.1) is 6.92 Å². The number of anilines is 1. The first-order chi connectivity index (χ1) is 17.6. The summed E-state index contributed by atoms with van der Waals surface area (Å²) in [4.78, 5) is 13.9. The number of rotatable bonds is 5. The predicted molar refractivity (Wildman–Crippen MR) is 133 cm³/mol. The Hall–Kier alpha value is -2.79. The van der Waals surface area contributed by atoms with Gasteiger partial charge in [0.1, 0.15) is 5.82 Å². The van der Waals surface area contributed by atoms with Gasteiger partial charge in [0.05, 0.1) is 62.9 Å². The number of hydrogen-bond donors (Lipinski definition) is 1. The predicted octanol–water partition coefficient (Wildman–Crippen LogP) is 1.66. The molecule has 0 radical (unpaired) electrons. The molecule has 1 N–H and O–H groups in total. The third kappa shape index (κ3) is 3.66. The van der Waals surface area contributed by atoms with E-state index in [1.807, 2.05) is 16.9 Å². The first-order valence-corrected chi connectivity index (χ1v) is 12.9. The Kier molecular flexibility index (Phi) is 5.39. The number of benzene rings is 1. The van der Waals surface area contributed by atoms with Crippen molar-refractivity contribution in [3.63, 3.8) is 0 Å². The number of aliphatic hydroxyl groups is 1. The fraction of sp³-hybridized carbons (Fsp3) is 0.577. The van der Waals surface area contributed by atoms with Crippen LogP contribution in [0.5, 0.6) is 6.01 Å². The van der Waals surface area contributed by atoms with Crippen LogP contribution in [0.3, 0.4) is 0 Å². The molecule has 2 aromatic heterocycles. The van der Waals surface area contributed by atoms with Gasteiger partial charge in [0.2, 0.25) is 0 Å². The number of methoxy groups -OCH3 is 1. The Labute approximate surface area is 209 Å². The van der Waals surface area contributed by atoms with Gasteiger partial charge in [0.15, 0.2) is 5.82 Å². The normalized spacial score (nSPS) is 28.7. The highest BCUT2D eigenvalue weighted by molar-refractivity contribution is 5.82. The number of likely N-dealkylation sites (tertiary alicyclic amines) is 1. The number of ether oxygens (including phenoxy) is 3. The largest absolute Gasteiger partial charge is 0.467 e. The molecule has 4 aliphatic rings. The van der Waals surface area contributed by atoms with Crippen molar-refractivity contribution in [3.8, 4) is 11.8 Å². The van der Waals surface area contributed by atoms with Crippen molar-refractivity contribution in [2.24, 2.45) is 0 Å². The van der Waals surface area contributed by atoms with Crippen LogP contribution in [0.25, 0.3) is 16.7 Å². The van der Waals surface area contributed by atoms with Crippen LogP contribution in [0.2, 0.25) is 0 Å². The quantitative estimate of drug-likeness (QED) is 0.570. The van der Waals surface area contributed by atoms with Crippen LogP contribution in [0.15, 0.2) is 24.4 Å². The van der Waals surface area contributed by atoms with Gasteiger partial charge in [-0.1, -0.05) is 0 Å². The fourth-order valence-electron chi connectivity index (χ4n) is 6.30. The molecule has 4 fully saturated rings. The first kappa shape index (κ1) is 22.4. The third-order valence-electron chi connectivity index (χ3n) is 8.38. The molecular formula is C26H32N6O4. The van der Waals surface area contributed by atoms with E-state index >= 15 is 0 Å². The van der Waals surface area contributed by atoms with E-state index in [1.165, 1.54) is 11.1 Å². The summed E-state index contributed by atoms with van der Waals surface area (Å²) in [5, 5.41) is 16.9. The van der Waals surface area contributed by atoms with Crippen LogP contribution >= 0.6 is 0 Å². The highest BCUT2D eigenvalue weighted by Crippen LogP contribution is 2.36. The topological polar surface area (TPSA) is 98.0 Å². The molecule has 10 nitrogen and oxygen atoms in total. The fourth-order valence-corrected chi connectivity index (χ4v) is 6.30. The molecule has 6 heterocycles. The van der Waals surface area contributed by atoms with Crippen molar-refractivity contribution in [2.75, 3.05) is 51.5 Å². The van der Waals surface area contributed by atoms with Gasteiger partial charge < -0.3 is 24.2 Å². The molecule has 1 aromatic carbocycles. The van der Waals surface area contributed by atoms with Gasteiger partial charge in [0.25, 0.3) is 0 Å². The summed E-state index contributed by atoms with van der Waals surface area (Å²) in [5.74, 6) is 1.60. The second-order valence-corrected chi connectivity index (χ2v) is 10.5. The summed E-state index contributed by atoms with van der Waals surface area (Å²) >= 11 is 0. The smallest absolute Gasteiger partial charge is 0.320 e. The summed E-state index contributed by atoms with van der Waals surface area (Å²) in [6.07, 6.45) is 3.69. The zero-order chi connectivity index (χ0) is 24.4. The molecule has 2 bridgehead atoms. The maximum atomic E-state index is 11.1. The number of fused-ring (bicyclic) bond motifs is 3. The molecule has 0 spiro atoms. The summed E-state index contributed by atoms with van der Waals surface area (Å²) in [7, 11) is 1.59. The molecule has 4 unspecified atom stereocenters. The van der Waals surface area contributed by atoms with Crippen LogP contribution < -0.4 is 9.64 Å². The van der Waals surface area contributed by atoms with E-state index in [4.69, 9.17) is 19.3 Å². The molecule has 0 aliphatic carbocycles. The maximum absolute atomic E-state index is 11.1. The molecular weight excluding hydrogens is 460 g/mol. The van der Waals surface area contributed by atoms with E-state index in [2.05, 4.69) is 38.8 Å². The number of aryl methyl sites for hydroxylation is 1. The lowest BCUT2D eigenvalue weighted by Crippen LogP contribution is -2.55. The summed E-state index contributed by atoms with van der Waals surface area (Å²) in [5.41, 5.74) is 3.33. The third-order valence-corrected chi connectivity index (χ3v) is 8.38. The molecule has 10 heteroatoms. The Balaban J connectivity index is 1.24. The van der Waals surface area contributed by atoms with E-state index in [0.29, 0.717) is 30.5 Å². The molecule has 3 aromatic rings. The number of hydrogen-bond acceptors (Lipinski definition) is 9. The van der Waals surface area contributed by atoms with Gasteiger partial charge in [0, 0.05) is 30.5 Å². The summed E-state index contributed by atoms with van der Waals surface area (Å²) in [6, 6.07) is 7.46. The second kappa shape index (κ2) is 8.65. The van der Waals surface area contributed by atoms with Gasteiger partial charge in [-0.05, 0) is 49.6 Å². The van der Waals surface area contributed by atoms with Crippen LogP contribution in [-0.2, 0) is 9.47 Å². The highest BCUT2D eigenvalue weighted by Gasteiger charge is 2.40. The zero-order valence-corrected chi connectivity index (χ0v) is 20.7. The van der Waals surface area contributed by atoms with Crippen LogP contribution in [-0.4, -0.2) is 101 Å². The molecule has 4 atom stereocenters. The van der Waals surface area contributed by atoms with Crippen molar-refractivity contribution in [3.05, 3.63) is 35.5 Å². The summed E-state index contributed by atoms with van der Waals surface area (Å²) < 4.78 is 18.5. The first-order valence-electron chi connectivity index (χ1n) is 12.9. The lowest BCUT2D eigenvalue weighted by molar-refractivity contribution is -0.0888. The molecule has 0 amide bonds. The van der Waals surface area contributed by atoms with Gasteiger partial charge in [-0.2, -0.15) is 15.1 Å². The number of piperidine rings is 1. The number of nitrogens with zero attached hydrogens (tertiary/aromatic N) is 6. The number of β-amino-alcohol motifs (C(OH)–C–C–N with tert-alkyl or cyclic N) is 1. The summed E-state index contributed by atoms with van der Waals surface area (Å²) in [6.45, 7) is 6.90. The zero-order valence-electron chi connectivity index (χ0n) is 20.7. The molecule has 4 aliphatic heterocycles. The minimum absolute atomic E-state index is 0.0886. The molecule has 0 saturated carbocycles. The van der Waals surface area contributed by atoms with Gasteiger partial charge >= 0.3 is 6.01 Å². The maximum Gasteiger partial charge on any atom is 0.320 e. The van der Waals surface area contributed by atoms with Crippen LogP contribution in [0.1, 0.15) is 29.9 Å². The second-order valence-electron chi connectivity index (χ2n) is 10.5. The van der Waals surface area contributed by atoms with E-state index in [0.717, 1.165) is 62.5 Å². The minimum atomic E-state index is -0.412. The minimum Gasteiger partial charge on any atom is -0.467 e.